The number of aromatic nitrogens is 2. The summed E-state index contributed by atoms with van der Waals surface area (Å²) in [7, 11) is 2.97. The first kappa shape index (κ1) is 19.0. The lowest BCUT2D eigenvalue weighted by atomic mass is 10.2. The van der Waals surface area contributed by atoms with Crippen molar-refractivity contribution < 1.29 is 23.0 Å². The van der Waals surface area contributed by atoms with Crippen LogP contribution in [0.15, 0.2) is 48.5 Å². The molecule has 0 unspecified atom stereocenters. The molecule has 3 aromatic rings. The second kappa shape index (κ2) is 8.30. The smallest absolute Gasteiger partial charge is 0.276 e. The molecule has 2 aromatic carbocycles. The van der Waals surface area contributed by atoms with Gasteiger partial charge in [0.2, 0.25) is 0 Å². The zero-order valence-electron chi connectivity index (χ0n) is 15.0. The van der Waals surface area contributed by atoms with Gasteiger partial charge in [-0.25, -0.2) is 8.78 Å². The lowest BCUT2D eigenvalue weighted by Gasteiger charge is -2.11. The van der Waals surface area contributed by atoms with Crippen LogP contribution in [0.2, 0.25) is 0 Å². The molecule has 1 aromatic heterocycles. The number of nitrogens with zero attached hydrogens (tertiary/aromatic N) is 2. The van der Waals surface area contributed by atoms with Crippen LogP contribution in [0.3, 0.4) is 0 Å². The average molecular weight is 386 g/mol. The number of carbonyl (C=O) groups excluding carboxylic acids is 1. The highest BCUT2D eigenvalue weighted by atomic mass is 19.1. The number of hydrogen-bond acceptors (Lipinski definition) is 6. The average Bonchev–Trinajstić information content (AvgIpc) is 2.71. The molecule has 0 radical (unpaired) electrons. The molecule has 0 saturated carbocycles. The molecule has 7 nitrogen and oxygen atoms in total. The van der Waals surface area contributed by atoms with Crippen molar-refractivity contribution in [3.05, 3.63) is 65.9 Å². The van der Waals surface area contributed by atoms with Gasteiger partial charge in [-0.05, 0) is 36.4 Å². The van der Waals surface area contributed by atoms with Gasteiger partial charge in [0.05, 0.1) is 19.9 Å². The molecule has 28 heavy (non-hydrogen) atoms. The molecule has 0 bridgehead atoms. The summed E-state index contributed by atoms with van der Waals surface area (Å²) in [4.78, 5) is 12.4. The number of carbonyl (C=O) groups is 1. The molecule has 0 fully saturated rings. The summed E-state index contributed by atoms with van der Waals surface area (Å²) >= 11 is 0. The minimum Gasteiger partial charge on any atom is -0.497 e. The number of amides is 1. The summed E-state index contributed by atoms with van der Waals surface area (Å²) in [6, 6.07) is 11.2. The Bertz CT molecular complexity index is 977. The first-order valence-electron chi connectivity index (χ1n) is 8.10. The van der Waals surface area contributed by atoms with Crippen molar-refractivity contribution in [3.8, 4) is 11.5 Å². The maximum absolute atomic E-state index is 13.7. The van der Waals surface area contributed by atoms with E-state index in [1.165, 1.54) is 32.4 Å². The van der Waals surface area contributed by atoms with Gasteiger partial charge in [0.1, 0.15) is 28.8 Å². The summed E-state index contributed by atoms with van der Waals surface area (Å²) in [5.74, 6) is -1.02. The lowest BCUT2D eigenvalue weighted by molar-refractivity contribution is 0.102. The molecule has 0 aliphatic rings. The third kappa shape index (κ3) is 4.14. The second-order valence-electron chi connectivity index (χ2n) is 5.55. The summed E-state index contributed by atoms with van der Waals surface area (Å²) in [5, 5.41) is 12.7. The zero-order valence-corrected chi connectivity index (χ0v) is 15.0. The lowest BCUT2D eigenvalue weighted by Crippen LogP contribution is -2.15. The van der Waals surface area contributed by atoms with Crippen LogP contribution in [0.5, 0.6) is 11.5 Å². The third-order valence-electron chi connectivity index (χ3n) is 3.77. The summed E-state index contributed by atoms with van der Waals surface area (Å²) in [5.41, 5.74) is 0.0452. The predicted molar refractivity (Wildman–Crippen MR) is 99.2 cm³/mol. The minimum atomic E-state index is -0.770. The maximum atomic E-state index is 13.7. The van der Waals surface area contributed by atoms with E-state index in [1.807, 2.05) is 0 Å². The number of methoxy groups -OCH3 is 2. The Balaban J connectivity index is 1.76. The van der Waals surface area contributed by atoms with Gasteiger partial charge in [-0.15, -0.1) is 10.2 Å². The van der Waals surface area contributed by atoms with Crippen molar-refractivity contribution in [2.45, 2.75) is 0 Å². The molecule has 0 spiro atoms. The Morgan fingerprint density at radius 1 is 0.964 bits per heavy atom. The maximum Gasteiger partial charge on any atom is 0.276 e. The quantitative estimate of drug-likeness (QED) is 0.671. The Morgan fingerprint density at radius 3 is 2.32 bits per heavy atom. The molecule has 0 saturated heterocycles. The first-order valence-corrected chi connectivity index (χ1v) is 8.10. The van der Waals surface area contributed by atoms with Crippen molar-refractivity contribution in [1.82, 2.24) is 10.2 Å². The fourth-order valence-electron chi connectivity index (χ4n) is 2.36. The Labute approximate surface area is 159 Å². The van der Waals surface area contributed by atoms with Crippen molar-refractivity contribution in [2.75, 3.05) is 24.9 Å². The Hall–Kier alpha value is -3.75. The first-order chi connectivity index (χ1) is 13.5. The van der Waals surface area contributed by atoms with Crippen LogP contribution >= 0.6 is 0 Å². The van der Waals surface area contributed by atoms with Crippen LogP contribution < -0.4 is 20.1 Å². The summed E-state index contributed by atoms with van der Waals surface area (Å²) < 4.78 is 37.7. The van der Waals surface area contributed by atoms with Crippen LogP contribution in [0.25, 0.3) is 0 Å². The SMILES string of the molecule is COc1ccc(OC)c(NC(=O)c2ccc(Nc3c(F)cccc3F)nn2)c1. The Morgan fingerprint density at radius 2 is 1.71 bits per heavy atom. The van der Waals surface area contributed by atoms with E-state index in [4.69, 9.17) is 9.47 Å². The van der Waals surface area contributed by atoms with E-state index < -0.39 is 17.5 Å². The molecule has 0 atom stereocenters. The van der Waals surface area contributed by atoms with E-state index in [9.17, 15) is 13.6 Å². The van der Waals surface area contributed by atoms with Gasteiger partial charge in [-0.3, -0.25) is 4.79 Å². The summed E-state index contributed by atoms with van der Waals surface area (Å²) in [6.45, 7) is 0. The van der Waals surface area contributed by atoms with Gasteiger partial charge in [0.25, 0.3) is 5.91 Å². The van der Waals surface area contributed by atoms with Gasteiger partial charge in [-0.1, -0.05) is 6.07 Å². The van der Waals surface area contributed by atoms with E-state index in [0.717, 1.165) is 12.1 Å². The van der Waals surface area contributed by atoms with E-state index in [-0.39, 0.29) is 17.2 Å². The largest absolute Gasteiger partial charge is 0.497 e. The molecule has 0 aliphatic heterocycles. The van der Waals surface area contributed by atoms with Crippen LogP contribution in [0, 0.1) is 11.6 Å². The van der Waals surface area contributed by atoms with Crippen LogP contribution in [0.1, 0.15) is 10.5 Å². The van der Waals surface area contributed by atoms with Gasteiger partial charge < -0.3 is 20.1 Å². The number of nitrogens with one attached hydrogen (secondary N) is 2. The van der Waals surface area contributed by atoms with Gasteiger partial charge in [-0.2, -0.15) is 0 Å². The van der Waals surface area contributed by atoms with E-state index in [0.29, 0.717) is 17.2 Å². The van der Waals surface area contributed by atoms with Gasteiger partial charge >= 0.3 is 0 Å². The molecule has 1 heterocycles. The van der Waals surface area contributed by atoms with E-state index >= 15 is 0 Å². The number of anilines is 3. The highest BCUT2D eigenvalue weighted by Crippen LogP contribution is 2.29. The zero-order chi connectivity index (χ0) is 20.1. The molecule has 2 N–H and O–H groups in total. The monoisotopic (exact) mass is 386 g/mol. The van der Waals surface area contributed by atoms with Crippen LogP contribution in [-0.2, 0) is 0 Å². The number of para-hydroxylation sites is 1. The highest BCUT2D eigenvalue weighted by molar-refractivity contribution is 6.03. The van der Waals surface area contributed by atoms with Crippen LogP contribution in [-0.4, -0.2) is 30.3 Å². The minimum absolute atomic E-state index is 0.00410. The molecule has 3 rings (SSSR count). The van der Waals surface area contributed by atoms with Gasteiger partial charge in [0, 0.05) is 6.07 Å². The summed E-state index contributed by atoms with van der Waals surface area (Å²) in [6.07, 6.45) is 0. The number of halogens is 2. The topological polar surface area (TPSA) is 85.4 Å². The van der Waals surface area contributed by atoms with Crippen molar-refractivity contribution in [3.63, 3.8) is 0 Å². The standard InChI is InChI=1S/C19H16F2N4O3/c1-27-11-6-8-16(28-2)15(10-11)22-19(26)14-7-9-17(25-24-14)23-18-12(20)4-3-5-13(18)21/h3-10H,1-2H3,(H,22,26)(H,23,25). The normalized spacial score (nSPS) is 10.3. The molecule has 1 amide bonds. The fourth-order valence-corrected chi connectivity index (χ4v) is 2.36. The number of benzene rings is 2. The predicted octanol–water partition coefficient (Wildman–Crippen LogP) is 3.77. The molecule has 0 aliphatic carbocycles. The second-order valence-corrected chi connectivity index (χ2v) is 5.55. The van der Waals surface area contributed by atoms with Crippen LogP contribution in [0.4, 0.5) is 26.0 Å². The number of rotatable bonds is 6. The Kier molecular flexibility index (Phi) is 5.64. The van der Waals surface area contributed by atoms with Crippen molar-refractivity contribution in [2.24, 2.45) is 0 Å². The van der Waals surface area contributed by atoms with E-state index in [1.54, 1.807) is 18.2 Å². The molecular weight excluding hydrogens is 370 g/mol. The van der Waals surface area contributed by atoms with Gasteiger partial charge in [0.15, 0.2) is 11.5 Å². The van der Waals surface area contributed by atoms with Crippen molar-refractivity contribution >= 4 is 23.1 Å². The molecular formula is C19H16F2N4O3. The number of hydrogen-bond donors (Lipinski definition) is 2. The number of ether oxygens (including phenoxy) is 2. The van der Waals surface area contributed by atoms with Crippen molar-refractivity contribution in [1.29, 1.82) is 0 Å². The molecule has 9 heteroatoms. The van der Waals surface area contributed by atoms with E-state index in [2.05, 4.69) is 20.8 Å². The molecule has 144 valence electrons. The highest BCUT2D eigenvalue weighted by Gasteiger charge is 2.14. The third-order valence-corrected chi connectivity index (χ3v) is 3.77. The fraction of sp³-hybridized carbons (Fsp3) is 0.105.